The van der Waals surface area contributed by atoms with E-state index in [9.17, 15) is 0 Å². The van der Waals surface area contributed by atoms with Crippen molar-refractivity contribution in [3.05, 3.63) is 48.5 Å². The van der Waals surface area contributed by atoms with Crippen LogP contribution in [0.3, 0.4) is 0 Å². The Hall–Kier alpha value is 0.297. The molecule has 0 radical (unpaired) electrons. The molecule has 2 aromatic rings. The fraction of sp³-hybridized carbons (Fsp3) is 0.286. The van der Waals surface area contributed by atoms with E-state index in [0.29, 0.717) is 0 Å². The Balaban J connectivity index is 0.000000330. The van der Waals surface area contributed by atoms with Gasteiger partial charge >= 0.3 is 72.1 Å². The van der Waals surface area contributed by atoms with Crippen LogP contribution in [0.2, 0.25) is 5.09 Å². The molecule has 0 saturated carbocycles. The molecule has 0 aliphatic heterocycles. The van der Waals surface area contributed by atoms with E-state index >= 15 is 0 Å². The van der Waals surface area contributed by atoms with Crippen molar-refractivity contribution >= 4 is 58.0 Å². The van der Waals surface area contributed by atoms with E-state index in [-0.39, 0.29) is 29.6 Å². The summed E-state index contributed by atoms with van der Waals surface area (Å²) in [4.78, 5) is 0. The van der Waals surface area contributed by atoms with Crippen LogP contribution in [0.25, 0.3) is 10.8 Å². The largest absolute Gasteiger partial charge is 0.0616 e. The summed E-state index contributed by atoms with van der Waals surface area (Å²) in [6.45, 7) is 2.21. The topological polar surface area (TPSA) is 0 Å². The summed E-state index contributed by atoms with van der Waals surface area (Å²) in [7, 11) is 0. The molecule has 0 aromatic heterocycles. The van der Waals surface area contributed by atoms with Crippen molar-refractivity contribution in [2.45, 2.75) is 24.9 Å². The van der Waals surface area contributed by atoms with Crippen LogP contribution in [0.15, 0.2) is 48.5 Å². The Kier molecular flexibility index (Phi) is 10.6. The van der Waals surface area contributed by atoms with E-state index in [0.717, 1.165) is 0 Å². The molecule has 2 aromatic carbocycles. The predicted octanol–water partition coefficient (Wildman–Crippen LogP) is 3.56. The molecule has 0 amide bonds. The molecule has 2 rings (SSSR count). The van der Waals surface area contributed by atoms with Gasteiger partial charge in [0.1, 0.15) is 0 Å². The Morgan fingerprint density at radius 1 is 0.875 bits per heavy atom. The molecular weight excluding hydrogens is 198 g/mol. The zero-order valence-electron chi connectivity index (χ0n) is 9.74. The minimum absolute atomic E-state index is 0. The van der Waals surface area contributed by atoms with Gasteiger partial charge in [-0.25, -0.2) is 0 Å². The van der Waals surface area contributed by atoms with E-state index < -0.39 is 0 Å². The molecule has 2 heteroatoms. The zero-order chi connectivity index (χ0) is 10.9. The molecule has 0 N–H and O–H groups in total. The Bertz CT molecular complexity index is 320. The maximum atomic E-state index is 2.21. The first-order valence-corrected chi connectivity index (χ1v) is 5.82. The molecule has 0 fully saturated rings. The van der Waals surface area contributed by atoms with Crippen LogP contribution in [0.4, 0.5) is 0 Å². The summed E-state index contributed by atoms with van der Waals surface area (Å²) in [5.41, 5.74) is 0. The van der Waals surface area contributed by atoms with E-state index in [1.165, 1.54) is 28.7 Å². The van der Waals surface area contributed by atoms with Gasteiger partial charge in [0.25, 0.3) is 0 Å². The second-order valence-corrected chi connectivity index (χ2v) is 3.70. The number of hydrogen-bond donors (Lipinski definition) is 0. The molecule has 0 aliphatic rings. The molecule has 0 unspecified atom stereocenters. The normalized spacial score (nSPS) is 8.94. The monoisotopic (exact) mass is 216 g/mol. The first-order valence-electron chi connectivity index (χ1n) is 5.82. The molecule has 76 valence electrons. The van der Waals surface area contributed by atoms with Gasteiger partial charge in [-0.2, -0.15) is 0 Å². The van der Waals surface area contributed by atoms with Crippen molar-refractivity contribution in [1.82, 2.24) is 0 Å². The van der Waals surface area contributed by atoms with E-state index in [4.69, 9.17) is 0 Å². The quantitative estimate of drug-likeness (QED) is 0.673. The SMILES string of the molecule is [Li][CH2]CCC.[NaH].c1ccc2ccccc2c1. The average molecular weight is 216 g/mol. The predicted molar refractivity (Wildman–Crippen MR) is 76.6 cm³/mol. The van der Waals surface area contributed by atoms with Crippen molar-refractivity contribution in [1.29, 1.82) is 0 Å². The molecule has 0 bridgehead atoms. The zero-order valence-corrected chi connectivity index (χ0v) is 9.74. The van der Waals surface area contributed by atoms with E-state index in [1.54, 1.807) is 0 Å². The average Bonchev–Trinajstić information content (AvgIpc) is 2.31. The maximum Gasteiger partial charge on any atom is -0.0184 e. The third-order valence-corrected chi connectivity index (χ3v) is 2.37. The van der Waals surface area contributed by atoms with Crippen molar-refractivity contribution < 1.29 is 0 Å². The second-order valence-electron chi connectivity index (χ2n) is 3.70. The van der Waals surface area contributed by atoms with Crippen LogP contribution >= 0.6 is 0 Å². The van der Waals surface area contributed by atoms with E-state index in [1.807, 2.05) is 0 Å². The van der Waals surface area contributed by atoms with Crippen LogP contribution < -0.4 is 0 Å². The second kappa shape index (κ2) is 10.5. The van der Waals surface area contributed by atoms with Gasteiger partial charge in [-0.05, 0) is 10.8 Å². The van der Waals surface area contributed by atoms with Crippen LogP contribution in [0.1, 0.15) is 19.8 Å². The summed E-state index contributed by atoms with van der Waals surface area (Å²) in [5.74, 6) is 0. The van der Waals surface area contributed by atoms with Gasteiger partial charge in [0.05, 0.1) is 0 Å². The maximum absolute atomic E-state index is 2.21. The Morgan fingerprint density at radius 2 is 1.25 bits per heavy atom. The minimum Gasteiger partial charge on any atom is -0.0616 e. The van der Waals surface area contributed by atoms with Crippen molar-refractivity contribution in [3.8, 4) is 0 Å². The molecule has 0 aliphatic carbocycles. The van der Waals surface area contributed by atoms with Crippen molar-refractivity contribution in [2.24, 2.45) is 0 Å². The molecule has 16 heavy (non-hydrogen) atoms. The third kappa shape index (κ3) is 6.14. The fourth-order valence-corrected chi connectivity index (χ4v) is 1.49. The van der Waals surface area contributed by atoms with Gasteiger partial charge in [0.2, 0.25) is 0 Å². The van der Waals surface area contributed by atoms with Crippen LogP contribution in [-0.4, -0.2) is 47.3 Å². The smallest absolute Gasteiger partial charge is 0.0184 e. The standard InChI is InChI=1S/C10H8.C4H9.Li.Na.H/c1-2-6-10-8-4-3-7-9(10)5-1;1-3-4-2;;;/h1-8H;1,3-4H2,2H3;;;. The van der Waals surface area contributed by atoms with Gasteiger partial charge in [-0.1, -0.05) is 48.5 Å². The molecule has 0 saturated heterocycles. The van der Waals surface area contributed by atoms with Crippen molar-refractivity contribution in [2.75, 3.05) is 0 Å². The Morgan fingerprint density at radius 3 is 1.44 bits per heavy atom. The number of hydrogen-bond acceptors (Lipinski definition) is 0. The summed E-state index contributed by atoms with van der Waals surface area (Å²) in [5, 5.41) is 3.96. The van der Waals surface area contributed by atoms with Gasteiger partial charge in [0.15, 0.2) is 0 Å². The van der Waals surface area contributed by atoms with Gasteiger partial charge < -0.3 is 0 Å². The minimum atomic E-state index is 0. The number of benzene rings is 2. The van der Waals surface area contributed by atoms with Gasteiger partial charge in [-0.15, -0.1) is 0 Å². The van der Waals surface area contributed by atoms with E-state index in [2.05, 4.69) is 73.2 Å². The first-order chi connectivity index (χ1) is 7.38. The van der Waals surface area contributed by atoms with Gasteiger partial charge in [0, 0.05) is 0 Å². The fourth-order valence-electron chi connectivity index (χ4n) is 1.49. The summed E-state index contributed by atoms with van der Waals surface area (Å²) >= 11 is 2.21. The van der Waals surface area contributed by atoms with Crippen LogP contribution in [0.5, 0.6) is 0 Å². The molecule has 0 atom stereocenters. The summed E-state index contributed by atoms with van der Waals surface area (Å²) < 4.78 is 0. The summed E-state index contributed by atoms with van der Waals surface area (Å²) in [6, 6.07) is 16.7. The third-order valence-electron chi connectivity index (χ3n) is 2.37. The number of unbranched alkanes of at least 4 members (excludes halogenated alkanes) is 1. The summed E-state index contributed by atoms with van der Waals surface area (Å²) in [6.07, 6.45) is 2.73. The van der Waals surface area contributed by atoms with Crippen LogP contribution in [-0.2, 0) is 0 Å². The molecule has 0 nitrogen and oxygen atoms in total. The van der Waals surface area contributed by atoms with Gasteiger partial charge in [-0.3, -0.25) is 0 Å². The molecule has 0 spiro atoms. The molecule has 0 heterocycles. The number of fused-ring (bicyclic) bond motifs is 1. The van der Waals surface area contributed by atoms with Crippen molar-refractivity contribution in [3.63, 3.8) is 0 Å². The number of rotatable bonds is 2. The molecular formula is C14H18LiNa. The van der Waals surface area contributed by atoms with Crippen LogP contribution in [0, 0.1) is 0 Å². The Labute approximate surface area is 130 Å². The first kappa shape index (κ1) is 16.3.